The number of hydrogen-bond acceptors (Lipinski definition) is 5. The Morgan fingerprint density at radius 2 is 1.18 bits per heavy atom. The highest BCUT2D eigenvalue weighted by atomic mass is 16.2. The highest BCUT2D eigenvalue weighted by molar-refractivity contribution is 6.24. The van der Waals surface area contributed by atoms with Gasteiger partial charge in [0.15, 0.2) is 11.9 Å². The predicted molar refractivity (Wildman–Crippen MR) is 176 cm³/mol. The summed E-state index contributed by atoms with van der Waals surface area (Å²) >= 11 is 0. The standard InChI is InChI=1S/C34H36N8O2/c35-20-25-11-7-12-26(17-25)22-39-32(36)41-34(44)42-33(37)40-23-28-14-8-13-27(18-28)21-38-31(43)30(29-15-5-2-6-16-29)19-24-9-3-1-4-10-24/h1-19H,20-23,35H2,(H,38,43)(H6,36,37,39,40,41,42,44)/b30-19+. The summed E-state index contributed by atoms with van der Waals surface area (Å²) in [7, 11) is 0. The van der Waals surface area contributed by atoms with Gasteiger partial charge < -0.3 is 22.5 Å². The van der Waals surface area contributed by atoms with Crippen molar-refractivity contribution in [1.82, 2.24) is 16.0 Å². The molecule has 44 heavy (non-hydrogen) atoms. The SMILES string of the molecule is NCc1cccc(CN=C(N)NC(=O)NC(N)=NCc2cccc(CNC(=O)/C(=C/c3ccccc3)c3ccccc3)c2)c1. The minimum Gasteiger partial charge on any atom is -0.370 e. The monoisotopic (exact) mass is 588 g/mol. The van der Waals surface area contributed by atoms with Crippen molar-refractivity contribution in [3.63, 3.8) is 0 Å². The molecule has 0 unspecified atom stereocenters. The van der Waals surface area contributed by atoms with E-state index in [4.69, 9.17) is 17.2 Å². The van der Waals surface area contributed by atoms with E-state index in [9.17, 15) is 9.59 Å². The second kappa shape index (κ2) is 16.0. The van der Waals surface area contributed by atoms with E-state index in [0.717, 1.165) is 33.4 Å². The number of guanidine groups is 2. The van der Waals surface area contributed by atoms with Gasteiger partial charge in [-0.2, -0.15) is 0 Å². The lowest BCUT2D eigenvalue weighted by Gasteiger charge is -2.11. The van der Waals surface area contributed by atoms with Gasteiger partial charge in [-0.3, -0.25) is 15.4 Å². The normalized spacial score (nSPS) is 12.0. The van der Waals surface area contributed by atoms with Crippen molar-refractivity contribution in [3.05, 3.63) is 143 Å². The van der Waals surface area contributed by atoms with E-state index in [1.807, 2.05) is 115 Å². The number of carbonyl (C=O) groups is 2. The first-order chi connectivity index (χ1) is 21.4. The summed E-state index contributed by atoms with van der Waals surface area (Å²) in [6.07, 6.45) is 1.88. The average molecular weight is 589 g/mol. The fourth-order valence-corrected chi connectivity index (χ4v) is 4.28. The van der Waals surface area contributed by atoms with Crippen LogP contribution in [-0.4, -0.2) is 23.9 Å². The molecule has 0 saturated heterocycles. The molecule has 0 saturated carbocycles. The molecule has 0 bridgehead atoms. The van der Waals surface area contributed by atoms with Crippen LogP contribution in [0.25, 0.3) is 11.6 Å². The van der Waals surface area contributed by atoms with Gasteiger partial charge in [0.05, 0.1) is 13.1 Å². The van der Waals surface area contributed by atoms with Crippen molar-refractivity contribution >= 4 is 35.5 Å². The van der Waals surface area contributed by atoms with Gasteiger partial charge in [0, 0.05) is 18.7 Å². The smallest absolute Gasteiger partial charge is 0.328 e. The summed E-state index contributed by atoms with van der Waals surface area (Å²) in [5.74, 6) is -0.324. The predicted octanol–water partition coefficient (Wildman–Crippen LogP) is 3.63. The van der Waals surface area contributed by atoms with Gasteiger partial charge in [-0.1, -0.05) is 109 Å². The van der Waals surface area contributed by atoms with Crippen LogP contribution in [0.5, 0.6) is 0 Å². The Balaban J connectivity index is 1.30. The quantitative estimate of drug-likeness (QED) is 0.0717. The number of aliphatic imine (C=N–C) groups is 2. The van der Waals surface area contributed by atoms with E-state index < -0.39 is 6.03 Å². The van der Waals surface area contributed by atoms with Crippen molar-refractivity contribution in [1.29, 1.82) is 0 Å². The van der Waals surface area contributed by atoms with Crippen LogP contribution in [0.4, 0.5) is 4.79 Å². The van der Waals surface area contributed by atoms with Crippen LogP contribution in [0, 0.1) is 0 Å². The van der Waals surface area contributed by atoms with Crippen molar-refractivity contribution in [2.75, 3.05) is 0 Å². The first-order valence-electron chi connectivity index (χ1n) is 14.0. The third kappa shape index (κ3) is 9.97. The third-order valence-corrected chi connectivity index (χ3v) is 6.46. The summed E-state index contributed by atoms with van der Waals surface area (Å²) in [4.78, 5) is 33.9. The van der Waals surface area contributed by atoms with Gasteiger partial charge in [-0.15, -0.1) is 0 Å². The lowest BCUT2D eigenvalue weighted by Crippen LogP contribution is -2.48. The molecule has 3 amide bonds. The summed E-state index contributed by atoms with van der Waals surface area (Å²) < 4.78 is 0. The van der Waals surface area contributed by atoms with Gasteiger partial charge in [0.25, 0.3) is 5.91 Å². The van der Waals surface area contributed by atoms with Crippen molar-refractivity contribution in [3.8, 4) is 0 Å². The lowest BCUT2D eigenvalue weighted by molar-refractivity contribution is -0.115. The maximum absolute atomic E-state index is 13.3. The lowest BCUT2D eigenvalue weighted by atomic mass is 10.0. The Labute approximate surface area is 256 Å². The third-order valence-electron chi connectivity index (χ3n) is 6.46. The minimum absolute atomic E-state index is 0.0581. The highest BCUT2D eigenvalue weighted by Gasteiger charge is 2.12. The van der Waals surface area contributed by atoms with Crippen molar-refractivity contribution in [2.45, 2.75) is 26.2 Å². The van der Waals surface area contributed by atoms with Crippen LogP contribution in [0.15, 0.2) is 119 Å². The zero-order valence-corrected chi connectivity index (χ0v) is 24.2. The maximum Gasteiger partial charge on any atom is 0.328 e. The minimum atomic E-state index is -0.655. The van der Waals surface area contributed by atoms with Crippen LogP contribution >= 0.6 is 0 Å². The van der Waals surface area contributed by atoms with Crippen LogP contribution in [0.2, 0.25) is 0 Å². The first kappa shape index (κ1) is 31.2. The molecule has 0 spiro atoms. The molecule has 0 heterocycles. The molecule has 10 nitrogen and oxygen atoms in total. The molecule has 4 rings (SSSR count). The number of hydrogen-bond donors (Lipinski definition) is 6. The van der Waals surface area contributed by atoms with Crippen LogP contribution in [0.1, 0.15) is 33.4 Å². The van der Waals surface area contributed by atoms with Gasteiger partial charge in [-0.05, 0) is 39.5 Å². The fraction of sp³-hybridized carbons (Fsp3) is 0.118. The number of nitrogens with one attached hydrogen (secondary N) is 3. The van der Waals surface area contributed by atoms with Crippen LogP contribution in [0.3, 0.4) is 0 Å². The number of carbonyl (C=O) groups excluding carboxylic acids is 2. The molecule has 0 atom stereocenters. The summed E-state index contributed by atoms with van der Waals surface area (Å²) in [6.45, 7) is 1.26. The van der Waals surface area contributed by atoms with E-state index in [2.05, 4.69) is 25.9 Å². The molecule has 0 radical (unpaired) electrons. The Hall–Kier alpha value is -5.74. The zero-order valence-electron chi connectivity index (χ0n) is 24.2. The molecule has 4 aromatic rings. The number of nitrogens with zero attached hydrogens (tertiary/aromatic N) is 2. The number of urea groups is 1. The molecule has 10 heteroatoms. The van der Waals surface area contributed by atoms with Crippen molar-refractivity contribution < 1.29 is 9.59 Å². The summed E-state index contributed by atoms with van der Waals surface area (Å²) in [5.41, 5.74) is 23.4. The van der Waals surface area contributed by atoms with Crippen LogP contribution in [-0.2, 0) is 31.0 Å². The van der Waals surface area contributed by atoms with E-state index in [1.165, 1.54) is 0 Å². The van der Waals surface area contributed by atoms with Gasteiger partial charge >= 0.3 is 6.03 Å². The molecular weight excluding hydrogens is 552 g/mol. The van der Waals surface area contributed by atoms with E-state index in [1.54, 1.807) is 0 Å². The Bertz CT molecular complexity index is 1650. The Morgan fingerprint density at radius 3 is 1.77 bits per heavy atom. The number of rotatable bonds is 10. The summed E-state index contributed by atoms with van der Waals surface area (Å²) in [5, 5.41) is 7.88. The van der Waals surface area contributed by atoms with E-state index >= 15 is 0 Å². The molecule has 4 aromatic carbocycles. The van der Waals surface area contributed by atoms with Gasteiger partial charge in [0.2, 0.25) is 0 Å². The van der Waals surface area contributed by atoms with Crippen LogP contribution < -0.4 is 33.2 Å². The average Bonchev–Trinajstić information content (AvgIpc) is 3.05. The Morgan fingerprint density at radius 1 is 0.659 bits per heavy atom. The van der Waals surface area contributed by atoms with Gasteiger partial charge in [0.1, 0.15) is 0 Å². The molecule has 0 aliphatic rings. The molecule has 224 valence electrons. The number of nitrogens with two attached hydrogens (primary N) is 3. The molecule has 9 N–H and O–H groups in total. The molecule has 0 aliphatic heterocycles. The molecule has 0 aromatic heterocycles. The van der Waals surface area contributed by atoms with Crippen molar-refractivity contribution in [2.24, 2.45) is 27.2 Å². The second-order valence-corrected chi connectivity index (χ2v) is 9.84. The fourth-order valence-electron chi connectivity index (χ4n) is 4.28. The first-order valence-corrected chi connectivity index (χ1v) is 14.0. The number of amides is 3. The largest absolute Gasteiger partial charge is 0.370 e. The van der Waals surface area contributed by atoms with Gasteiger partial charge in [-0.25, -0.2) is 14.8 Å². The van der Waals surface area contributed by atoms with E-state index in [-0.39, 0.29) is 30.9 Å². The zero-order chi connectivity index (χ0) is 31.1. The maximum atomic E-state index is 13.3. The highest BCUT2D eigenvalue weighted by Crippen LogP contribution is 2.19. The molecule has 0 aliphatic carbocycles. The number of benzene rings is 4. The molecular formula is C34H36N8O2. The second-order valence-electron chi connectivity index (χ2n) is 9.84. The topological polar surface area (TPSA) is 173 Å². The molecule has 0 fully saturated rings. The Kier molecular flexibility index (Phi) is 11.4. The summed E-state index contributed by atoms with van der Waals surface area (Å²) in [6, 6.07) is 33.8. The van der Waals surface area contributed by atoms with E-state index in [0.29, 0.717) is 18.7 Å².